The number of fused-ring (bicyclic) bond motifs is 1. The normalized spacial score (nSPS) is 24.2. The molecule has 2 atom stereocenters. The summed E-state index contributed by atoms with van der Waals surface area (Å²) in [6.45, 7) is 1.35. The van der Waals surface area contributed by atoms with Gasteiger partial charge >= 0.3 is 5.97 Å². The Balaban J connectivity index is 2.35. The molecular weight excluding hydrogens is 431 g/mol. The first kappa shape index (κ1) is 19.1. The maximum absolute atomic E-state index is 14.1. The molecule has 0 radical (unpaired) electrons. The van der Waals surface area contributed by atoms with Crippen molar-refractivity contribution in [3.05, 3.63) is 62.8 Å². The first-order chi connectivity index (χ1) is 12.3. The minimum Gasteiger partial charge on any atom is -0.478 e. The third-order valence-electron chi connectivity index (χ3n) is 4.48. The van der Waals surface area contributed by atoms with E-state index in [1.54, 1.807) is 37.3 Å². The molecule has 1 aliphatic rings. The zero-order chi connectivity index (χ0) is 19.1. The first-order valence-electron chi connectivity index (χ1n) is 7.58. The standard InChI is InChI=1S/C18H15BrClFO5/c1-17(25-9-24-2)13-12(8-11(21)15(20)14(13)19)26-18(17,16(22)23)10-6-4-3-5-7-10/h3-8H,9H2,1-2H3,(H,22,23)/t17-,18-/m0/s1. The third-order valence-corrected chi connectivity index (χ3v) is 5.88. The summed E-state index contributed by atoms with van der Waals surface area (Å²) in [6, 6.07) is 9.41. The highest BCUT2D eigenvalue weighted by atomic mass is 79.9. The van der Waals surface area contributed by atoms with Gasteiger partial charge in [0.15, 0.2) is 5.60 Å². The average Bonchev–Trinajstić information content (AvgIpc) is 2.88. The summed E-state index contributed by atoms with van der Waals surface area (Å²) in [5, 5.41) is 9.98. The molecule has 26 heavy (non-hydrogen) atoms. The summed E-state index contributed by atoms with van der Waals surface area (Å²) in [5.41, 5.74) is -2.88. The number of ether oxygens (including phenoxy) is 3. The van der Waals surface area contributed by atoms with Crippen molar-refractivity contribution in [2.24, 2.45) is 0 Å². The molecule has 0 fully saturated rings. The summed E-state index contributed by atoms with van der Waals surface area (Å²) >= 11 is 9.29. The summed E-state index contributed by atoms with van der Waals surface area (Å²) in [7, 11) is 1.41. The van der Waals surface area contributed by atoms with Crippen molar-refractivity contribution < 1.29 is 28.5 Å². The van der Waals surface area contributed by atoms with Crippen molar-refractivity contribution in [2.75, 3.05) is 13.9 Å². The van der Waals surface area contributed by atoms with Crippen molar-refractivity contribution in [3.8, 4) is 5.75 Å². The first-order valence-corrected chi connectivity index (χ1v) is 8.75. The lowest BCUT2D eigenvalue weighted by Gasteiger charge is -2.39. The van der Waals surface area contributed by atoms with Crippen molar-refractivity contribution in [3.63, 3.8) is 0 Å². The van der Waals surface area contributed by atoms with E-state index in [9.17, 15) is 14.3 Å². The van der Waals surface area contributed by atoms with Gasteiger partial charge in [-0.3, -0.25) is 0 Å². The van der Waals surface area contributed by atoms with Crippen LogP contribution in [0.2, 0.25) is 5.02 Å². The second kappa shape index (κ2) is 6.81. The largest absolute Gasteiger partial charge is 0.478 e. The Bertz CT molecular complexity index is 862. The van der Waals surface area contributed by atoms with E-state index in [0.29, 0.717) is 11.1 Å². The van der Waals surface area contributed by atoms with Crippen molar-refractivity contribution in [1.82, 2.24) is 0 Å². The van der Waals surface area contributed by atoms with Crippen LogP contribution in [0, 0.1) is 5.82 Å². The van der Waals surface area contributed by atoms with Crippen LogP contribution in [0.3, 0.4) is 0 Å². The van der Waals surface area contributed by atoms with Crippen LogP contribution in [-0.2, 0) is 25.5 Å². The topological polar surface area (TPSA) is 65.0 Å². The Morgan fingerprint density at radius 1 is 1.38 bits per heavy atom. The molecule has 2 aromatic rings. The minimum absolute atomic E-state index is 0.0311. The molecule has 1 N–H and O–H groups in total. The highest BCUT2D eigenvalue weighted by Gasteiger charge is 2.66. The fourth-order valence-electron chi connectivity index (χ4n) is 3.27. The molecule has 0 amide bonds. The van der Waals surface area contributed by atoms with Gasteiger partial charge in [0.1, 0.15) is 18.4 Å². The van der Waals surface area contributed by atoms with Gasteiger partial charge in [-0.05, 0) is 22.9 Å². The molecule has 5 nitrogen and oxygen atoms in total. The van der Waals surface area contributed by atoms with Crippen LogP contribution in [0.15, 0.2) is 40.9 Å². The highest BCUT2D eigenvalue weighted by Crippen LogP contribution is 2.58. The van der Waals surface area contributed by atoms with Crippen molar-refractivity contribution in [1.29, 1.82) is 0 Å². The van der Waals surface area contributed by atoms with Gasteiger partial charge in [-0.1, -0.05) is 41.9 Å². The molecule has 0 saturated heterocycles. The van der Waals surface area contributed by atoms with E-state index in [-0.39, 0.29) is 22.0 Å². The second-order valence-corrected chi connectivity index (χ2v) is 7.07. The van der Waals surface area contributed by atoms with Gasteiger partial charge in [0.25, 0.3) is 5.60 Å². The van der Waals surface area contributed by atoms with Gasteiger partial charge < -0.3 is 19.3 Å². The van der Waals surface area contributed by atoms with Gasteiger partial charge in [-0.15, -0.1) is 0 Å². The Labute approximate surface area is 162 Å². The summed E-state index contributed by atoms with van der Waals surface area (Å²) in [4.78, 5) is 12.5. The van der Waals surface area contributed by atoms with Crippen molar-refractivity contribution >= 4 is 33.5 Å². The van der Waals surface area contributed by atoms with Crippen LogP contribution >= 0.6 is 27.5 Å². The summed E-state index contributed by atoms with van der Waals surface area (Å²) in [6.07, 6.45) is 0. The molecule has 1 aliphatic heterocycles. The fraction of sp³-hybridized carbons (Fsp3) is 0.278. The maximum Gasteiger partial charge on any atom is 0.356 e. The molecule has 0 aliphatic carbocycles. The minimum atomic E-state index is -1.96. The van der Waals surface area contributed by atoms with Crippen molar-refractivity contribution in [2.45, 2.75) is 18.1 Å². The van der Waals surface area contributed by atoms with E-state index >= 15 is 0 Å². The fourth-order valence-corrected chi connectivity index (χ4v) is 4.18. The van der Waals surface area contributed by atoms with E-state index < -0.39 is 23.0 Å². The molecule has 0 spiro atoms. The molecule has 0 aromatic heterocycles. The SMILES string of the molecule is COCO[C@@]1(C)c2c(cc(F)c(Cl)c2Br)O[C@]1(C(=O)O)c1ccccc1. The van der Waals surface area contributed by atoms with Crippen LogP contribution in [0.1, 0.15) is 18.1 Å². The molecule has 2 aromatic carbocycles. The predicted octanol–water partition coefficient (Wildman–Crippen LogP) is 4.45. The molecule has 0 saturated carbocycles. The lowest BCUT2D eigenvalue weighted by Crippen LogP contribution is -2.54. The number of hydrogen-bond donors (Lipinski definition) is 1. The quantitative estimate of drug-likeness (QED) is 0.544. The second-order valence-electron chi connectivity index (χ2n) is 5.90. The van der Waals surface area contributed by atoms with E-state index in [4.69, 9.17) is 25.8 Å². The van der Waals surface area contributed by atoms with E-state index in [1.165, 1.54) is 7.11 Å². The number of halogens is 3. The Morgan fingerprint density at radius 3 is 2.62 bits per heavy atom. The Hall–Kier alpha value is -1.67. The van der Waals surface area contributed by atoms with Gasteiger partial charge in [0.2, 0.25) is 0 Å². The monoisotopic (exact) mass is 444 g/mol. The van der Waals surface area contributed by atoms with Crippen LogP contribution in [0.4, 0.5) is 4.39 Å². The number of benzene rings is 2. The lowest BCUT2D eigenvalue weighted by molar-refractivity contribution is -0.211. The van der Waals surface area contributed by atoms with E-state index in [1.807, 2.05) is 0 Å². The number of carboxylic acid groups (broad SMARTS) is 1. The van der Waals surface area contributed by atoms with E-state index in [2.05, 4.69) is 15.9 Å². The molecule has 1 heterocycles. The number of carbonyl (C=O) groups is 1. The number of rotatable bonds is 5. The molecule has 138 valence electrons. The Kier molecular flexibility index (Phi) is 5.00. The molecule has 3 rings (SSSR count). The maximum atomic E-state index is 14.1. The number of hydrogen-bond acceptors (Lipinski definition) is 4. The number of carboxylic acids is 1. The van der Waals surface area contributed by atoms with E-state index in [0.717, 1.165) is 6.07 Å². The molecular formula is C18H15BrClFO5. The van der Waals surface area contributed by atoms with Crippen LogP contribution < -0.4 is 4.74 Å². The van der Waals surface area contributed by atoms with Gasteiger partial charge in [-0.25, -0.2) is 9.18 Å². The van der Waals surface area contributed by atoms with Crippen LogP contribution in [0.5, 0.6) is 5.75 Å². The highest BCUT2D eigenvalue weighted by molar-refractivity contribution is 9.10. The van der Waals surface area contributed by atoms with Gasteiger partial charge in [0.05, 0.1) is 5.02 Å². The third kappa shape index (κ3) is 2.53. The molecule has 0 bridgehead atoms. The Morgan fingerprint density at radius 2 is 2.04 bits per heavy atom. The zero-order valence-corrected chi connectivity index (χ0v) is 16.2. The number of methoxy groups -OCH3 is 1. The van der Waals surface area contributed by atoms with Crippen LogP contribution in [0.25, 0.3) is 0 Å². The lowest BCUT2D eigenvalue weighted by atomic mass is 9.76. The zero-order valence-electron chi connectivity index (χ0n) is 13.9. The number of aliphatic carboxylic acids is 1. The van der Waals surface area contributed by atoms with Crippen LogP contribution in [-0.4, -0.2) is 25.0 Å². The van der Waals surface area contributed by atoms with Gasteiger partial charge in [-0.2, -0.15) is 0 Å². The average molecular weight is 446 g/mol. The summed E-state index contributed by atoms with van der Waals surface area (Å²) in [5.74, 6) is -1.99. The summed E-state index contributed by atoms with van der Waals surface area (Å²) < 4.78 is 31.0. The molecule has 0 unspecified atom stereocenters. The molecule has 8 heteroatoms. The smallest absolute Gasteiger partial charge is 0.356 e. The predicted molar refractivity (Wildman–Crippen MR) is 95.8 cm³/mol. The van der Waals surface area contributed by atoms with Gasteiger partial charge in [0, 0.05) is 28.8 Å².